The van der Waals surface area contributed by atoms with Crippen LogP contribution in [0.5, 0.6) is 0 Å². The van der Waals surface area contributed by atoms with E-state index in [0.29, 0.717) is 32.6 Å². The van der Waals surface area contributed by atoms with Crippen molar-refractivity contribution in [3.63, 3.8) is 0 Å². The Hall–Kier alpha value is -0.330. The van der Waals surface area contributed by atoms with E-state index >= 15 is 0 Å². The first-order chi connectivity index (χ1) is 7.81. The lowest BCUT2D eigenvalue weighted by Crippen LogP contribution is -2.55. The van der Waals surface area contributed by atoms with Gasteiger partial charge in [0.05, 0.1) is 12.6 Å². The molecule has 17 heavy (non-hydrogen) atoms. The summed E-state index contributed by atoms with van der Waals surface area (Å²) in [5.74, 6) is 0. The second-order valence-electron chi connectivity index (χ2n) is 4.76. The Kier molecular flexibility index (Phi) is 5.22. The first-order valence-corrected chi connectivity index (χ1v) is 6.03. The SMILES string of the molecule is CCC(O)CN1CCN(CC(F)(F)F)C(C)C1. The standard InChI is InChI=1S/C11H21F3N2O/c1-3-10(17)7-15-4-5-16(9(2)6-15)8-11(12,13)14/h9-10,17H,3-8H2,1-2H3. The highest BCUT2D eigenvalue weighted by molar-refractivity contribution is 4.81. The largest absolute Gasteiger partial charge is 0.401 e. The smallest absolute Gasteiger partial charge is 0.392 e. The minimum absolute atomic E-state index is 0.116. The highest BCUT2D eigenvalue weighted by atomic mass is 19.4. The van der Waals surface area contributed by atoms with E-state index in [2.05, 4.69) is 0 Å². The molecule has 2 unspecified atom stereocenters. The molecule has 6 heteroatoms. The number of aliphatic hydroxyl groups is 1. The summed E-state index contributed by atoms with van der Waals surface area (Å²) in [6.45, 7) is 5.02. The number of hydrogen-bond acceptors (Lipinski definition) is 3. The van der Waals surface area contributed by atoms with Crippen LogP contribution in [0.2, 0.25) is 0 Å². The molecule has 0 aliphatic carbocycles. The fourth-order valence-electron chi connectivity index (χ4n) is 2.13. The molecule has 1 rings (SSSR count). The fourth-order valence-corrected chi connectivity index (χ4v) is 2.13. The Morgan fingerprint density at radius 3 is 2.47 bits per heavy atom. The molecule has 102 valence electrons. The highest BCUT2D eigenvalue weighted by Crippen LogP contribution is 2.20. The van der Waals surface area contributed by atoms with Gasteiger partial charge in [0, 0.05) is 32.2 Å². The molecule has 0 amide bonds. The van der Waals surface area contributed by atoms with Crippen molar-refractivity contribution < 1.29 is 18.3 Å². The third-order valence-electron chi connectivity index (χ3n) is 3.17. The number of alkyl halides is 3. The number of aliphatic hydroxyl groups excluding tert-OH is 1. The lowest BCUT2D eigenvalue weighted by Gasteiger charge is -2.40. The Balaban J connectivity index is 2.39. The van der Waals surface area contributed by atoms with E-state index in [9.17, 15) is 18.3 Å². The molecule has 1 heterocycles. The molecule has 0 aromatic heterocycles. The Morgan fingerprint density at radius 2 is 2.00 bits per heavy atom. The van der Waals surface area contributed by atoms with Gasteiger partial charge in [-0.2, -0.15) is 13.2 Å². The van der Waals surface area contributed by atoms with Crippen molar-refractivity contribution in [1.29, 1.82) is 0 Å². The first-order valence-electron chi connectivity index (χ1n) is 6.03. The van der Waals surface area contributed by atoms with Gasteiger partial charge in [-0.3, -0.25) is 9.80 Å². The molecular weight excluding hydrogens is 233 g/mol. The molecule has 1 N–H and O–H groups in total. The van der Waals surface area contributed by atoms with Crippen molar-refractivity contribution in [3.05, 3.63) is 0 Å². The molecule has 1 saturated heterocycles. The Labute approximate surface area is 100 Å². The second-order valence-corrected chi connectivity index (χ2v) is 4.76. The van der Waals surface area contributed by atoms with Gasteiger partial charge in [0.1, 0.15) is 0 Å². The van der Waals surface area contributed by atoms with Gasteiger partial charge in [-0.1, -0.05) is 6.92 Å². The number of rotatable bonds is 4. The molecule has 3 nitrogen and oxygen atoms in total. The van der Waals surface area contributed by atoms with E-state index in [4.69, 9.17) is 0 Å². The van der Waals surface area contributed by atoms with E-state index in [1.807, 2.05) is 11.8 Å². The van der Waals surface area contributed by atoms with Crippen LogP contribution >= 0.6 is 0 Å². The van der Waals surface area contributed by atoms with Crippen molar-refractivity contribution in [2.24, 2.45) is 0 Å². The minimum atomic E-state index is -4.13. The zero-order chi connectivity index (χ0) is 13.1. The normalized spacial score (nSPS) is 26.1. The summed E-state index contributed by atoms with van der Waals surface area (Å²) in [4.78, 5) is 3.49. The van der Waals surface area contributed by atoms with Crippen molar-refractivity contribution in [2.45, 2.75) is 38.6 Å². The van der Waals surface area contributed by atoms with Gasteiger partial charge in [-0.05, 0) is 13.3 Å². The van der Waals surface area contributed by atoms with Gasteiger partial charge in [0.2, 0.25) is 0 Å². The zero-order valence-corrected chi connectivity index (χ0v) is 10.4. The maximum Gasteiger partial charge on any atom is 0.401 e. The van der Waals surface area contributed by atoms with E-state index in [0.717, 1.165) is 0 Å². The summed E-state index contributed by atoms with van der Waals surface area (Å²) in [7, 11) is 0. The molecule has 2 atom stereocenters. The van der Waals surface area contributed by atoms with Gasteiger partial charge < -0.3 is 5.11 Å². The molecule has 1 fully saturated rings. The van der Waals surface area contributed by atoms with Crippen molar-refractivity contribution in [3.8, 4) is 0 Å². The molecule has 0 bridgehead atoms. The molecule has 1 aliphatic heterocycles. The predicted molar refractivity (Wildman–Crippen MR) is 59.8 cm³/mol. The van der Waals surface area contributed by atoms with Crippen LogP contribution in [0.25, 0.3) is 0 Å². The number of hydrogen-bond donors (Lipinski definition) is 1. The molecule has 0 aromatic carbocycles. The van der Waals surface area contributed by atoms with Crippen LogP contribution in [-0.2, 0) is 0 Å². The molecule has 0 saturated carbocycles. The first kappa shape index (κ1) is 14.7. The predicted octanol–water partition coefficient (Wildman–Crippen LogP) is 1.33. The average molecular weight is 254 g/mol. The highest BCUT2D eigenvalue weighted by Gasteiger charge is 2.35. The third kappa shape index (κ3) is 5.23. The fraction of sp³-hybridized carbons (Fsp3) is 1.00. The summed E-state index contributed by atoms with van der Waals surface area (Å²) in [6.07, 6.45) is -3.83. The van der Waals surface area contributed by atoms with Gasteiger partial charge in [-0.25, -0.2) is 0 Å². The van der Waals surface area contributed by atoms with Crippen LogP contribution in [0.1, 0.15) is 20.3 Å². The zero-order valence-electron chi connectivity index (χ0n) is 10.4. The topological polar surface area (TPSA) is 26.7 Å². The maximum atomic E-state index is 12.3. The van der Waals surface area contributed by atoms with Crippen LogP contribution in [-0.4, -0.2) is 66.0 Å². The third-order valence-corrected chi connectivity index (χ3v) is 3.17. The van der Waals surface area contributed by atoms with Crippen molar-refractivity contribution >= 4 is 0 Å². The summed E-state index contributed by atoms with van der Waals surface area (Å²) in [5, 5.41) is 9.51. The summed E-state index contributed by atoms with van der Waals surface area (Å²) in [6, 6.07) is -0.116. The number of piperazine rings is 1. The molecule has 0 spiro atoms. The van der Waals surface area contributed by atoms with Crippen molar-refractivity contribution in [2.75, 3.05) is 32.7 Å². The summed E-state index contributed by atoms with van der Waals surface area (Å²) >= 11 is 0. The van der Waals surface area contributed by atoms with E-state index < -0.39 is 12.7 Å². The van der Waals surface area contributed by atoms with E-state index in [-0.39, 0.29) is 12.1 Å². The van der Waals surface area contributed by atoms with Gasteiger partial charge in [0.25, 0.3) is 0 Å². The molecule has 1 aliphatic rings. The molecule has 0 aromatic rings. The van der Waals surface area contributed by atoms with Crippen LogP contribution in [0.15, 0.2) is 0 Å². The number of β-amino-alcohol motifs (C(OH)–C–C–N with tert-alkyl or cyclic N) is 1. The van der Waals surface area contributed by atoms with Gasteiger partial charge in [0.15, 0.2) is 0 Å². The second kappa shape index (κ2) is 6.02. The summed E-state index contributed by atoms with van der Waals surface area (Å²) < 4.78 is 36.8. The Morgan fingerprint density at radius 1 is 1.35 bits per heavy atom. The number of halogens is 3. The number of nitrogens with zero attached hydrogens (tertiary/aromatic N) is 2. The van der Waals surface area contributed by atoms with Crippen LogP contribution < -0.4 is 0 Å². The quantitative estimate of drug-likeness (QED) is 0.820. The van der Waals surface area contributed by atoms with Crippen molar-refractivity contribution in [1.82, 2.24) is 9.80 Å². The van der Waals surface area contributed by atoms with E-state index in [1.54, 1.807) is 6.92 Å². The maximum absolute atomic E-state index is 12.3. The average Bonchev–Trinajstić information content (AvgIpc) is 2.20. The Bertz CT molecular complexity index is 235. The van der Waals surface area contributed by atoms with Gasteiger partial charge >= 0.3 is 6.18 Å². The van der Waals surface area contributed by atoms with Crippen LogP contribution in [0, 0.1) is 0 Å². The summed E-state index contributed by atoms with van der Waals surface area (Å²) in [5.41, 5.74) is 0. The minimum Gasteiger partial charge on any atom is -0.392 e. The van der Waals surface area contributed by atoms with Gasteiger partial charge in [-0.15, -0.1) is 0 Å². The molecule has 0 radical (unpaired) electrons. The van der Waals surface area contributed by atoms with Crippen LogP contribution in [0.3, 0.4) is 0 Å². The van der Waals surface area contributed by atoms with Crippen LogP contribution in [0.4, 0.5) is 13.2 Å². The lowest BCUT2D eigenvalue weighted by atomic mass is 10.1. The monoisotopic (exact) mass is 254 g/mol. The molecular formula is C11H21F3N2O. The lowest BCUT2D eigenvalue weighted by molar-refractivity contribution is -0.155. The van der Waals surface area contributed by atoms with E-state index in [1.165, 1.54) is 4.90 Å².